The topological polar surface area (TPSA) is 111 Å². The van der Waals surface area contributed by atoms with E-state index in [4.69, 9.17) is 4.74 Å². The fraction of sp³-hybridized carbons (Fsp3) is 0.409. The van der Waals surface area contributed by atoms with Crippen molar-refractivity contribution >= 4 is 21.7 Å². The first-order chi connectivity index (χ1) is 15.8. The van der Waals surface area contributed by atoms with E-state index in [0.717, 1.165) is 53.8 Å². The molecule has 0 bridgehead atoms. The van der Waals surface area contributed by atoms with E-state index in [2.05, 4.69) is 25.0 Å². The average Bonchev–Trinajstić information content (AvgIpc) is 3.42. The minimum absolute atomic E-state index is 0.0929. The van der Waals surface area contributed by atoms with Crippen LogP contribution in [0.2, 0.25) is 0 Å². The van der Waals surface area contributed by atoms with Gasteiger partial charge < -0.3 is 14.6 Å². The summed E-state index contributed by atoms with van der Waals surface area (Å²) in [6.45, 7) is 3.37. The molecule has 3 heterocycles. The lowest BCUT2D eigenvalue weighted by atomic mass is 9.98. The van der Waals surface area contributed by atoms with Crippen molar-refractivity contribution in [1.29, 1.82) is 0 Å². The smallest absolute Gasteiger partial charge is 0.240 e. The summed E-state index contributed by atoms with van der Waals surface area (Å²) in [5, 5.41) is 2.88. The Hall–Kier alpha value is -2.89. The highest BCUT2D eigenvalue weighted by atomic mass is 32.2. The second kappa shape index (κ2) is 8.47. The van der Waals surface area contributed by atoms with Crippen molar-refractivity contribution in [3.05, 3.63) is 47.3 Å². The largest absolute Gasteiger partial charge is 0.381 e. The SMILES string of the molecule is Cc1nc2c(n1C)-c1nc(Nc3ccc(S(=O)(=O)NCC4CCOC4)cc3F)ncc1CC2. The van der Waals surface area contributed by atoms with Crippen LogP contribution in [-0.4, -0.2) is 47.7 Å². The van der Waals surface area contributed by atoms with Crippen LogP contribution < -0.4 is 10.0 Å². The number of ether oxygens (including phenoxy) is 1. The molecule has 1 aromatic carbocycles. The van der Waals surface area contributed by atoms with Gasteiger partial charge in [-0.1, -0.05) is 0 Å². The van der Waals surface area contributed by atoms with Gasteiger partial charge in [0.15, 0.2) is 0 Å². The molecule has 9 nitrogen and oxygen atoms in total. The second-order valence-corrected chi connectivity index (χ2v) is 10.2. The number of rotatable bonds is 6. The van der Waals surface area contributed by atoms with Crippen LogP contribution in [-0.2, 0) is 34.6 Å². The monoisotopic (exact) mass is 472 g/mol. The molecule has 33 heavy (non-hydrogen) atoms. The summed E-state index contributed by atoms with van der Waals surface area (Å²) in [5.41, 5.74) is 3.81. The Morgan fingerprint density at radius 1 is 1.27 bits per heavy atom. The minimum atomic E-state index is -3.82. The van der Waals surface area contributed by atoms with Crippen LogP contribution in [0.4, 0.5) is 16.0 Å². The zero-order valence-electron chi connectivity index (χ0n) is 18.4. The van der Waals surface area contributed by atoms with E-state index in [9.17, 15) is 12.8 Å². The van der Waals surface area contributed by atoms with Crippen molar-refractivity contribution in [3.63, 3.8) is 0 Å². The predicted octanol–water partition coefficient (Wildman–Crippen LogP) is 2.48. The Labute approximate surface area is 191 Å². The third kappa shape index (κ3) is 4.23. The van der Waals surface area contributed by atoms with Crippen LogP contribution in [0, 0.1) is 18.7 Å². The van der Waals surface area contributed by atoms with Crippen molar-refractivity contribution in [2.24, 2.45) is 13.0 Å². The highest BCUT2D eigenvalue weighted by Gasteiger charge is 2.25. The molecule has 1 atom stereocenters. The van der Waals surface area contributed by atoms with Crippen LogP contribution in [0.5, 0.6) is 0 Å². The standard InChI is InChI=1S/C22H25FN6O3S/c1-13-26-19-5-3-15-11-24-22(28-20(15)21(19)29(13)2)27-18-6-4-16(9-17(18)23)33(30,31)25-10-14-7-8-32-12-14/h4,6,9,11,14,25H,3,5,7-8,10,12H2,1-2H3,(H,24,27,28). The molecule has 0 saturated carbocycles. The first kappa shape index (κ1) is 21.9. The van der Waals surface area contributed by atoms with E-state index in [1.54, 1.807) is 6.20 Å². The summed E-state index contributed by atoms with van der Waals surface area (Å²) in [6, 6.07) is 3.74. The van der Waals surface area contributed by atoms with E-state index in [1.807, 2.05) is 18.5 Å². The highest BCUT2D eigenvalue weighted by Crippen LogP contribution is 2.33. The molecule has 174 valence electrons. The summed E-state index contributed by atoms with van der Waals surface area (Å²) >= 11 is 0. The van der Waals surface area contributed by atoms with Crippen LogP contribution >= 0.6 is 0 Å². The lowest BCUT2D eigenvalue weighted by molar-refractivity contribution is 0.186. The molecule has 11 heteroatoms. The maximum Gasteiger partial charge on any atom is 0.240 e. The van der Waals surface area contributed by atoms with Crippen molar-refractivity contribution in [1.82, 2.24) is 24.2 Å². The van der Waals surface area contributed by atoms with Crippen LogP contribution in [0.3, 0.4) is 0 Å². The Kier molecular flexibility index (Phi) is 5.63. The van der Waals surface area contributed by atoms with Crippen molar-refractivity contribution in [2.45, 2.75) is 31.1 Å². The molecule has 1 aliphatic heterocycles. The Balaban J connectivity index is 1.36. The molecule has 2 aliphatic rings. The number of aryl methyl sites for hydroxylation is 3. The second-order valence-electron chi connectivity index (χ2n) is 8.43. The van der Waals surface area contributed by atoms with Gasteiger partial charge in [-0.15, -0.1) is 0 Å². The summed E-state index contributed by atoms with van der Waals surface area (Å²) in [5.74, 6) is 0.558. The van der Waals surface area contributed by atoms with Gasteiger partial charge in [0.05, 0.1) is 34.3 Å². The van der Waals surface area contributed by atoms with Gasteiger partial charge in [0.1, 0.15) is 11.6 Å². The van der Waals surface area contributed by atoms with Gasteiger partial charge in [-0.05, 0) is 55.9 Å². The molecule has 0 amide bonds. The third-order valence-corrected chi connectivity index (χ3v) is 7.62. The summed E-state index contributed by atoms with van der Waals surface area (Å²) in [4.78, 5) is 13.4. The quantitative estimate of drug-likeness (QED) is 0.567. The van der Waals surface area contributed by atoms with Crippen LogP contribution in [0.25, 0.3) is 11.4 Å². The lowest BCUT2D eigenvalue weighted by Gasteiger charge is -2.17. The molecular formula is C22H25FN6O3S. The summed E-state index contributed by atoms with van der Waals surface area (Å²) in [6.07, 6.45) is 4.16. The van der Waals surface area contributed by atoms with Gasteiger partial charge in [0.25, 0.3) is 0 Å². The number of anilines is 2. The predicted molar refractivity (Wildman–Crippen MR) is 120 cm³/mol. The number of benzene rings is 1. The summed E-state index contributed by atoms with van der Waals surface area (Å²) in [7, 11) is -1.88. The van der Waals surface area contributed by atoms with Gasteiger partial charge in [-0.3, -0.25) is 0 Å². The molecular weight excluding hydrogens is 447 g/mol. The van der Waals surface area contributed by atoms with Gasteiger partial charge in [-0.25, -0.2) is 32.5 Å². The Bertz CT molecular complexity index is 1320. The molecule has 1 saturated heterocycles. The number of fused-ring (bicyclic) bond motifs is 3. The average molecular weight is 473 g/mol. The van der Waals surface area contributed by atoms with Gasteiger partial charge >= 0.3 is 0 Å². The first-order valence-electron chi connectivity index (χ1n) is 10.8. The number of hydrogen-bond acceptors (Lipinski definition) is 7. The zero-order valence-corrected chi connectivity index (χ0v) is 19.2. The van der Waals surface area contributed by atoms with E-state index >= 15 is 0 Å². The molecule has 0 spiro atoms. The molecule has 2 N–H and O–H groups in total. The summed E-state index contributed by atoms with van der Waals surface area (Å²) < 4.78 is 49.7. The maximum absolute atomic E-state index is 14.8. The van der Waals surface area contributed by atoms with E-state index < -0.39 is 15.8 Å². The molecule has 1 fully saturated rings. The normalized spacial score (nSPS) is 17.6. The molecule has 3 aromatic rings. The number of aromatic nitrogens is 4. The first-order valence-corrected chi connectivity index (χ1v) is 12.3. The van der Waals surface area contributed by atoms with Crippen LogP contribution in [0.15, 0.2) is 29.3 Å². The minimum Gasteiger partial charge on any atom is -0.381 e. The number of sulfonamides is 1. The van der Waals surface area contributed by atoms with Crippen molar-refractivity contribution in [2.75, 3.05) is 25.1 Å². The van der Waals surface area contributed by atoms with Crippen molar-refractivity contribution in [3.8, 4) is 11.4 Å². The number of nitrogens with zero attached hydrogens (tertiary/aromatic N) is 4. The molecule has 1 unspecified atom stereocenters. The Morgan fingerprint density at radius 3 is 2.88 bits per heavy atom. The van der Waals surface area contributed by atoms with E-state index in [-0.39, 0.29) is 29.0 Å². The lowest BCUT2D eigenvalue weighted by Crippen LogP contribution is -2.29. The maximum atomic E-state index is 14.8. The zero-order chi connectivity index (χ0) is 23.2. The molecule has 5 rings (SSSR count). The Morgan fingerprint density at radius 2 is 2.12 bits per heavy atom. The van der Waals surface area contributed by atoms with Crippen molar-refractivity contribution < 1.29 is 17.5 Å². The number of hydrogen-bond donors (Lipinski definition) is 2. The number of imidazole rings is 1. The number of nitrogens with one attached hydrogen (secondary N) is 2. The third-order valence-electron chi connectivity index (χ3n) is 6.19. The molecule has 1 aliphatic carbocycles. The van der Waals surface area contributed by atoms with E-state index in [0.29, 0.717) is 13.2 Å². The highest BCUT2D eigenvalue weighted by molar-refractivity contribution is 7.89. The molecule has 2 aromatic heterocycles. The fourth-order valence-electron chi connectivity index (χ4n) is 4.20. The molecule has 0 radical (unpaired) electrons. The van der Waals surface area contributed by atoms with E-state index in [1.165, 1.54) is 12.1 Å². The van der Waals surface area contributed by atoms with Gasteiger partial charge in [-0.2, -0.15) is 0 Å². The fourth-order valence-corrected chi connectivity index (χ4v) is 5.32. The van der Waals surface area contributed by atoms with Crippen LogP contribution in [0.1, 0.15) is 23.5 Å². The van der Waals surface area contributed by atoms with Gasteiger partial charge in [0, 0.05) is 26.4 Å². The van der Waals surface area contributed by atoms with Gasteiger partial charge in [0.2, 0.25) is 16.0 Å². The number of halogens is 1.